The molecule has 3 aromatic rings. The van der Waals surface area contributed by atoms with E-state index in [4.69, 9.17) is 5.73 Å². The number of aromatic hydroxyl groups is 1. The first-order valence-corrected chi connectivity index (χ1v) is 10.4. The van der Waals surface area contributed by atoms with Crippen molar-refractivity contribution < 1.29 is 31.0 Å². The van der Waals surface area contributed by atoms with Gasteiger partial charge >= 0.3 is 0 Å². The molecule has 0 saturated carbocycles. The zero-order valence-electron chi connectivity index (χ0n) is 14.9. The van der Waals surface area contributed by atoms with Crippen LogP contribution in [0.2, 0.25) is 0 Å². The summed E-state index contributed by atoms with van der Waals surface area (Å²) in [5.74, 6) is -0.732. The normalized spacial score (nSPS) is 12.2. The summed E-state index contributed by atoms with van der Waals surface area (Å²) in [5, 5.41) is 17.8. The number of azo groups is 1. The third kappa shape index (κ3) is 4.93. The molecule has 0 spiro atoms. The molecule has 5 N–H and O–H groups in total. The van der Waals surface area contributed by atoms with Crippen LogP contribution in [0.3, 0.4) is 0 Å². The van der Waals surface area contributed by atoms with Crippen LogP contribution in [0.4, 0.5) is 17.1 Å². The first kappa shape index (κ1) is 23.2. The minimum absolute atomic E-state index is 0. The number of phenolic OH excluding ortho intramolecular Hbond substituents is 1. The Kier molecular flexibility index (Phi) is 6.69. The third-order valence-electron chi connectivity index (χ3n) is 3.75. The van der Waals surface area contributed by atoms with E-state index >= 15 is 0 Å². The maximum Gasteiger partial charge on any atom is 0.296 e. The van der Waals surface area contributed by atoms with Crippen LogP contribution in [-0.4, -0.2) is 60.6 Å². The summed E-state index contributed by atoms with van der Waals surface area (Å²) in [6.07, 6.45) is 0. The standard InChI is InChI=1S/C16H13N3O7S2.Na/c17-12-8-11(27(21,22)23)6-9-7-13(28(24,25)26)15(16(20)14(9)12)19-18-10-4-2-1-3-5-10;/h1-8,20H,17H2,(H,21,22,23)(H,24,25,26);. The average Bonchev–Trinajstić information content (AvgIpc) is 2.59. The van der Waals surface area contributed by atoms with E-state index in [9.17, 15) is 31.0 Å². The minimum Gasteiger partial charge on any atom is -0.505 e. The SMILES string of the molecule is Nc1cc(S(=O)(=O)O)cc2cc(S(=O)(=O)O)c(N=Nc3ccccc3)c(O)c12.[Na]. The Morgan fingerprint density at radius 3 is 2.03 bits per heavy atom. The summed E-state index contributed by atoms with van der Waals surface area (Å²) in [6.45, 7) is 0. The molecule has 147 valence electrons. The van der Waals surface area contributed by atoms with Crippen LogP contribution in [0.15, 0.2) is 68.6 Å². The average molecular weight is 446 g/mol. The van der Waals surface area contributed by atoms with Gasteiger partial charge in [0.25, 0.3) is 20.2 Å². The van der Waals surface area contributed by atoms with E-state index in [0.717, 1.165) is 18.2 Å². The van der Waals surface area contributed by atoms with E-state index in [2.05, 4.69) is 10.2 Å². The van der Waals surface area contributed by atoms with Crippen LogP contribution < -0.4 is 5.73 Å². The molecule has 0 heterocycles. The number of rotatable bonds is 4. The summed E-state index contributed by atoms with van der Waals surface area (Å²) >= 11 is 0. The Bertz CT molecular complexity index is 1330. The van der Waals surface area contributed by atoms with Gasteiger partial charge in [-0.3, -0.25) is 9.11 Å². The smallest absolute Gasteiger partial charge is 0.296 e. The second kappa shape index (κ2) is 8.36. The van der Waals surface area contributed by atoms with E-state index < -0.39 is 41.5 Å². The number of fused-ring (bicyclic) bond motifs is 1. The number of nitrogens with zero attached hydrogens (tertiary/aromatic N) is 2. The number of hydrogen-bond donors (Lipinski definition) is 4. The second-order valence-corrected chi connectivity index (χ2v) is 8.48. The van der Waals surface area contributed by atoms with Crippen molar-refractivity contribution in [2.24, 2.45) is 10.2 Å². The molecule has 0 bridgehead atoms. The Labute approximate surface area is 187 Å². The van der Waals surface area contributed by atoms with Crippen molar-refractivity contribution in [3.05, 3.63) is 48.5 Å². The van der Waals surface area contributed by atoms with Crippen LogP contribution in [-0.2, 0) is 20.2 Å². The predicted octanol–water partition coefficient (Wildman–Crippen LogP) is 2.66. The molecule has 0 fully saturated rings. The molecule has 0 aliphatic rings. The molecule has 0 aliphatic carbocycles. The van der Waals surface area contributed by atoms with Gasteiger partial charge in [-0.25, -0.2) is 0 Å². The molecule has 29 heavy (non-hydrogen) atoms. The van der Waals surface area contributed by atoms with Gasteiger partial charge in [0.05, 0.1) is 10.6 Å². The molecular weight excluding hydrogens is 433 g/mol. The van der Waals surface area contributed by atoms with Crippen molar-refractivity contribution in [2.75, 3.05) is 5.73 Å². The third-order valence-corrected chi connectivity index (χ3v) is 5.45. The Morgan fingerprint density at radius 2 is 1.48 bits per heavy atom. The largest absolute Gasteiger partial charge is 0.505 e. The summed E-state index contributed by atoms with van der Waals surface area (Å²) in [5.41, 5.74) is 5.27. The van der Waals surface area contributed by atoms with E-state index in [1.807, 2.05) is 0 Å². The second-order valence-electron chi connectivity index (χ2n) is 5.67. The van der Waals surface area contributed by atoms with Crippen molar-refractivity contribution in [1.29, 1.82) is 0 Å². The number of anilines is 1. The van der Waals surface area contributed by atoms with Gasteiger partial charge < -0.3 is 10.8 Å². The van der Waals surface area contributed by atoms with Gasteiger partial charge in [0.2, 0.25) is 0 Å². The van der Waals surface area contributed by atoms with Crippen molar-refractivity contribution in [1.82, 2.24) is 0 Å². The number of nitrogens with two attached hydrogens (primary N) is 1. The molecule has 0 unspecified atom stereocenters. The predicted molar refractivity (Wildman–Crippen MR) is 106 cm³/mol. The zero-order chi connectivity index (χ0) is 20.7. The monoisotopic (exact) mass is 446 g/mol. The number of phenols is 1. The van der Waals surface area contributed by atoms with Crippen molar-refractivity contribution in [3.63, 3.8) is 0 Å². The summed E-state index contributed by atoms with van der Waals surface area (Å²) in [4.78, 5) is -1.43. The number of benzene rings is 3. The van der Waals surface area contributed by atoms with Gasteiger partial charge in [0.15, 0.2) is 5.75 Å². The molecular formula is C16H13N3NaO7S2. The molecule has 0 atom stereocenters. The van der Waals surface area contributed by atoms with Crippen molar-refractivity contribution >= 4 is 77.6 Å². The van der Waals surface area contributed by atoms with Crippen molar-refractivity contribution in [2.45, 2.75) is 9.79 Å². The Hall–Kier alpha value is -2.06. The van der Waals surface area contributed by atoms with Crippen LogP contribution in [0.25, 0.3) is 10.8 Å². The molecule has 10 nitrogen and oxygen atoms in total. The first-order chi connectivity index (χ1) is 13.0. The first-order valence-electron chi connectivity index (χ1n) is 7.49. The number of nitrogen functional groups attached to an aromatic ring is 1. The van der Waals surface area contributed by atoms with Crippen LogP contribution in [0, 0.1) is 0 Å². The van der Waals surface area contributed by atoms with Crippen LogP contribution >= 0.6 is 0 Å². The Morgan fingerprint density at radius 1 is 0.862 bits per heavy atom. The summed E-state index contributed by atoms with van der Waals surface area (Å²) < 4.78 is 65.0. The fourth-order valence-electron chi connectivity index (χ4n) is 2.54. The van der Waals surface area contributed by atoms with Gasteiger partial charge in [-0.2, -0.15) is 21.9 Å². The van der Waals surface area contributed by atoms with E-state index in [0.29, 0.717) is 5.69 Å². The maximum atomic E-state index is 11.8. The molecule has 0 amide bonds. The van der Waals surface area contributed by atoms with Gasteiger partial charge in [-0.05, 0) is 35.7 Å². The summed E-state index contributed by atoms with van der Waals surface area (Å²) in [6, 6.07) is 10.8. The van der Waals surface area contributed by atoms with Crippen LogP contribution in [0.1, 0.15) is 0 Å². The van der Waals surface area contributed by atoms with E-state index in [1.165, 1.54) is 0 Å². The quantitative estimate of drug-likeness (QED) is 0.204. The number of hydrogen-bond acceptors (Lipinski definition) is 8. The molecule has 0 saturated heterocycles. The minimum atomic E-state index is -4.88. The van der Waals surface area contributed by atoms with Crippen LogP contribution in [0.5, 0.6) is 5.75 Å². The topological polar surface area (TPSA) is 180 Å². The fourth-order valence-corrected chi connectivity index (χ4v) is 3.75. The summed E-state index contributed by atoms with van der Waals surface area (Å²) in [7, 11) is -9.53. The van der Waals surface area contributed by atoms with Gasteiger partial charge in [0.1, 0.15) is 10.6 Å². The van der Waals surface area contributed by atoms with Gasteiger partial charge in [0, 0.05) is 40.6 Å². The van der Waals surface area contributed by atoms with E-state index in [1.54, 1.807) is 30.3 Å². The molecule has 1 radical (unpaired) electrons. The van der Waals surface area contributed by atoms with Crippen molar-refractivity contribution in [3.8, 4) is 5.75 Å². The zero-order valence-corrected chi connectivity index (χ0v) is 18.5. The molecule has 0 aliphatic heterocycles. The Balaban J connectivity index is 0.00000300. The molecule has 3 rings (SSSR count). The molecule has 0 aromatic heterocycles. The van der Waals surface area contributed by atoms with Gasteiger partial charge in [-0.1, -0.05) is 18.2 Å². The molecule has 3 aromatic carbocycles. The fraction of sp³-hybridized carbons (Fsp3) is 0. The maximum absolute atomic E-state index is 11.8. The molecule has 13 heteroatoms. The van der Waals surface area contributed by atoms with Gasteiger partial charge in [-0.15, -0.1) is 5.11 Å². The van der Waals surface area contributed by atoms with E-state index in [-0.39, 0.29) is 46.0 Å².